The average Bonchev–Trinajstić information content (AvgIpc) is 3.31. The summed E-state index contributed by atoms with van der Waals surface area (Å²) in [6, 6.07) is 25.2. The van der Waals surface area contributed by atoms with Gasteiger partial charge in [0.1, 0.15) is 10.8 Å². The number of ether oxygens (including phenoxy) is 1. The Morgan fingerprint density at radius 3 is 2.44 bits per heavy atom. The second kappa shape index (κ2) is 10.2. The highest BCUT2D eigenvalue weighted by Gasteiger charge is 2.18. The van der Waals surface area contributed by atoms with E-state index in [1.54, 1.807) is 4.52 Å². The van der Waals surface area contributed by atoms with Crippen molar-refractivity contribution >= 4 is 29.1 Å². The van der Waals surface area contributed by atoms with Gasteiger partial charge in [-0.1, -0.05) is 72.4 Å². The van der Waals surface area contributed by atoms with Crippen molar-refractivity contribution < 1.29 is 9.53 Å². The van der Waals surface area contributed by atoms with Crippen LogP contribution in [0.5, 0.6) is 5.75 Å². The number of hydrogen-bond acceptors (Lipinski definition) is 6. The summed E-state index contributed by atoms with van der Waals surface area (Å²) in [5, 5.41) is 8.64. The molecule has 5 rings (SSSR count). The van der Waals surface area contributed by atoms with Gasteiger partial charge in [-0.2, -0.15) is 9.50 Å². The number of fused-ring (bicyclic) bond motifs is 1. The van der Waals surface area contributed by atoms with Crippen LogP contribution in [0.15, 0.2) is 88.8 Å². The van der Waals surface area contributed by atoms with Gasteiger partial charge < -0.3 is 10.1 Å². The lowest BCUT2D eigenvalue weighted by Crippen LogP contribution is -2.20. The fourth-order valence-electron chi connectivity index (χ4n) is 3.70. The molecule has 0 aliphatic carbocycles. The van der Waals surface area contributed by atoms with Crippen LogP contribution >= 0.6 is 11.8 Å². The van der Waals surface area contributed by atoms with Crippen LogP contribution in [0.2, 0.25) is 0 Å². The second-order valence-corrected chi connectivity index (χ2v) is 9.37. The van der Waals surface area contributed by atoms with Crippen LogP contribution in [0.4, 0.5) is 5.69 Å². The highest BCUT2D eigenvalue weighted by Crippen LogP contribution is 2.36. The first-order chi connectivity index (χ1) is 17.5. The number of amides is 1. The SMILES string of the molecule is Cc1ccccc1OCC(=O)Nc1ccccc1Sc1c(C)c(C)nc2nc(-c3ccccc3)nn12. The van der Waals surface area contributed by atoms with Crippen molar-refractivity contribution in [3.63, 3.8) is 0 Å². The van der Waals surface area contributed by atoms with Gasteiger partial charge >= 0.3 is 0 Å². The molecule has 0 aliphatic heterocycles. The molecule has 0 bridgehead atoms. The Kier molecular flexibility index (Phi) is 6.69. The maximum atomic E-state index is 12.7. The fraction of sp³-hybridized carbons (Fsp3) is 0.143. The van der Waals surface area contributed by atoms with Gasteiger partial charge in [-0.15, -0.1) is 5.10 Å². The number of aromatic nitrogens is 4. The number of anilines is 1. The topological polar surface area (TPSA) is 81.4 Å². The molecule has 0 fully saturated rings. The van der Waals surface area contributed by atoms with Crippen LogP contribution in [0.3, 0.4) is 0 Å². The molecule has 0 atom stereocenters. The standard InChI is InChI=1S/C28H25N5O2S/c1-18-11-7-9-15-23(18)35-17-25(34)30-22-14-8-10-16-24(22)36-27-19(2)20(3)29-28-31-26(32-33(27)28)21-12-5-4-6-13-21/h4-16H,17H2,1-3H3,(H,30,34). The minimum Gasteiger partial charge on any atom is -0.483 e. The van der Waals surface area contributed by atoms with Gasteiger partial charge in [0.2, 0.25) is 0 Å². The van der Waals surface area contributed by atoms with E-state index in [1.165, 1.54) is 11.8 Å². The zero-order chi connectivity index (χ0) is 25.1. The van der Waals surface area contributed by atoms with Crippen LogP contribution in [0, 0.1) is 20.8 Å². The van der Waals surface area contributed by atoms with E-state index in [-0.39, 0.29) is 12.5 Å². The lowest BCUT2D eigenvalue weighted by Gasteiger charge is -2.14. The van der Waals surface area contributed by atoms with Crippen molar-refractivity contribution in [3.05, 3.63) is 95.7 Å². The normalized spacial score (nSPS) is 11.0. The largest absolute Gasteiger partial charge is 0.483 e. The van der Waals surface area contributed by atoms with Gasteiger partial charge in [-0.25, -0.2) is 4.98 Å². The number of carbonyl (C=O) groups is 1. The monoisotopic (exact) mass is 495 g/mol. The zero-order valence-corrected chi connectivity index (χ0v) is 21.0. The quantitative estimate of drug-likeness (QED) is 0.284. The lowest BCUT2D eigenvalue weighted by atomic mass is 10.2. The van der Waals surface area contributed by atoms with Crippen molar-refractivity contribution in [2.24, 2.45) is 0 Å². The number of nitrogens with zero attached hydrogens (tertiary/aromatic N) is 4. The third-order valence-corrected chi connectivity index (χ3v) is 7.01. The molecule has 5 aromatic rings. The summed E-state index contributed by atoms with van der Waals surface area (Å²) in [6.07, 6.45) is 0. The van der Waals surface area contributed by atoms with Gasteiger partial charge in [0.25, 0.3) is 11.7 Å². The summed E-state index contributed by atoms with van der Waals surface area (Å²) in [6.45, 7) is 5.86. The van der Waals surface area contributed by atoms with Crippen molar-refractivity contribution in [1.82, 2.24) is 19.6 Å². The second-order valence-electron chi connectivity index (χ2n) is 8.34. The molecule has 1 amide bonds. The Morgan fingerprint density at radius 2 is 1.64 bits per heavy atom. The summed E-state index contributed by atoms with van der Waals surface area (Å²) < 4.78 is 7.49. The van der Waals surface area contributed by atoms with E-state index in [0.717, 1.165) is 32.3 Å². The van der Waals surface area contributed by atoms with Crippen LogP contribution < -0.4 is 10.1 Å². The summed E-state index contributed by atoms with van der Waals surface area (Å²) in [4.78, 5) is 22.9. The number of rotatable bonds is 7. The third kappa shape index (κ3) is 4.94. The molecule has 0 aliphatic rings. The smallest absolute Gasteiger partial charge is 0.262 e. The van der Waals surface area contributed by atoms with Gasteiger partial charge in [0, 0.05) is 21.7 Å². The van der Waals surface area contributed by atoms with Crippen molar-refractivity contribution in [2.45, 2.75) is 30.7 Å². The number of nitrogens with one attached hydrogen (secondary N) is 1. The van der Waals surface area contributed by atoms with Crippen LogP contribution in [0.25, 0.3) is 17.2 Å². The first-order valence-corrected chi connectivity index (χ1v) is 12.4. The molecule has 0 saturated carbocycles. The number of carbonyl (C=O) groups excluding carboxylic acids is 1. The van der Waals surface area contributed by atoms with E-state index in [1.807, 2.05) is 99.6 Å². The molecule has 8 heteroatoms. The first-order valence-electron chi connectivity index (χ1n) is 11.5. The Hall–Kier alpha value is -4.17. The minimum atomic E-state index is -0.230. The Morgan fingerprint density at radius 1 is 0.917 bits per heavy atom. The van der Waals surface area contributed by atoms with Crippen molar-refractivity contribution in [1.29, 1.82) is 0 Å². The maximum absolute atomic E-state index is 12.7. The number of para-hydroxylation sites is 2. The molecule has 0 saturated heterocycles. The minimum absolute atomic E-state index is 0.0784. The molecule has 3 aromatic carbocycles. The molecule has 0 radical (unpaired) electrons. The summed E-state index contributed by atoms with van der Waals surface area (Å²) in [7, 11) is 0. The van der Waals surface area contributed by atoms with E-state index >= 15 is 0 Å². The molecule has 0 unspecified atom stereocenters. The average molecular weight is 496 g/mol. The molecule has 36 heavy (non-hydrogen) atoms. The van der Waals surface area contributed by atoms with Crippen LogP contribution in [-0.4, -0.2) is 32.1 Å². The van der Waals surface area contributed by atoms with Crippen LogP contribution in [-0.2, 0) is 4.79 Å². The third-order valence-electron chi connectivity index (χ3n) is 5.77. The molecule has 7 nitrogen and oxygen atoms in total. The predicted molar refractivity (Wildman–Crippen MR) is 142 cm³/mol. The van der Waals surface area contributed by atoms with Crippen LogP contribution in [0.1, 0.15) is 16.8 Å². The van der Waals surface area contributed by atoms with Crippen molar-refractivity contribution in [2.75, 3.05) is 11.9 Å². The molecule has 1 N–H and O–H groups in total. The van der Waals surface area contributed by atoms with E-state index < -0.39 is 0 Å². The Bertz CT molecular complexity index is 1550. The predicted octanol–water partition coefficient (Wildman–Crippen LogP) is 5.89. The Labute approximate surface area is 213 Å². The highest BCUT2D eigenvalue weighted by molar-refractivity contribution is 7.99. The number of hydrogen-bond donors (Lipinski definition) is 1. The summed E-state index contributed by atoms with van der Waals surface area (Å²) in [5.41, 5.74) is 4.49. The fourth-order valence-corrected chi connectivity index (χ4v) is 4.79. The van der Waals surface area contributed by atoms with Gasteiger partial charge in [-0.3, -0.25) is 4.79 Å². The molecular weight excluding hydrogens is 470 g/mol. The van der Waals surface area contributed by atoms with Gasteiger partial charge in [-0.05, 0) is 44.5 Å². The molecule has 2 heterocycles. The molecule has 180 valence electrons. The maximum Gasteiger partial charge on any atom is 0.262 e. The molecule has 2 aromatic heterocycles. The van der Waals surface area contributed by atoms with Gasteiger partial charge in [0.15, 0.2) is 12.4 Å². The molecule has 0 spiro atoms. The first kappa shape index (κ1) is 23.6. The number of aryl methyl sites for hydroxylation is 2. The van der Waals surface area contributed by atoms with E-state index in [4.69, 9.17) is 9.84 Å². The number of benzene rings is 3. The van der Waals surface area contributed by atoms with Gasteiger partial charge in [0.05, 0.1) is 5.69 Å². The Balaban J connectivity index is 1.42. The van der Waals surface area contributed by atoms with E-state index in [2.05, 4.69) is 15.3 Å². The van der Waals surface area contributed by atoms with E-state index in [9.17, 15) is 4.79 Å². The lowest BCUT2D eigenvalue weighted by molar-refractivity contribution is -0.118. The summed E-state index contributed by atoms with van der Waals surface area (Å²) >= 11 is 1.52. The molecular formula is C28H25N5O2S. The van der Waals surface area contributed by atoms with Crippen molar-refractivity contribution in [3.8, 4) is 17.1 Å². The summed E-state index contributed by atoms with van der Waals surface area (Å²) in [5.74, 6) is 1.62. The zero-order valence-electron chi connectivity index (χ0n) is 20.2. The highest BCUT2D eigenvalue weighted by atomic mass is 32.2. The van der Waals surface area contributed by atoms with E-state index in [0.29, 0.717) is 23.0 Å².